The standard InChI is InChI=1S/C8H6F5NO2/c1-16-7-3(8(11,12)13)2-4(15)5(14-7)6(9)10/h2,6,15H,1H3. The van der Waals surface area contributed by atoms with Gasteiger partial charge in [-0.2, -0.15) is 13.2 Å². The van der Waals surface area contributed by atoms with Gasteiger partial charge in [-0.3, -0.25) is 0 Å². The van der Waals surface area contributed by atoms with E-state index in [1.54, 1.807) is 0 Å². The first-order valence-corrected chi connectivity index (χ1v) is 3.90. The fraction of sp³-hybridized carbons (Fsp3) is 0.375. The summed E-state index contributed by atoms with van der Waals surface area (Å²) >= 11 is 0. The number of aromatic nitrogens is 1. The highest BCUT2D eigenvalue weighted by Crippen LogP contribution is 2.39. The van der Waals surface area contributed by atoms with E-state index in [2.05, 4.69) is 9.72 Å². The van der Waals surface area contributed by atoms with E-state index in [0.29, 0.717) is 0 Å². The van der Waals surface area contributed by atoms with Crippen LogP contribution in [-0.4, -0.2) is 17.2 Å². The van der Waals surface area contributed by atoms with E-state index in [9.17, 15) is 22.0 Å². The molecule has 0 aliphatic heterocycles. The third-order valence-corrected chi connectivity index (χ3v) is 1.70. The first kappa shape index (κ1) is 12.5. The monoisotopic (exact) mass is 243 g/mol. The molecule has 1 aromatic heterocycles. The molecule has 1 aromatic rings. The molecule has 0 aliphatic carbocycles. The van der Waals surface area contributed by atoms with Gasteiger partial charge in [0.1, 0.15) is 11.3 Å². The van der Waals surface area contributed by atoms with E-state index in [4.69, 9.17) is 5.11 Å². The Balaban J connectivity index is 3.38. The summed E-state index contributed by atoms with van der Waals surface area (Å²) in [6.07, 6.45) is -8.02. The molecule has 8 heteroatoms. The van der Waals surface area contributed by atoms with Crippen LogP contribution in [0.3, 0.4) is 0 Å². The van der Waals surface area contributed by atoms with Crippen LogP contribution < -0.4 is 4.74 Å². The van der Waals surface area contributed by atoms with Gasteiger partial charge in [0, 0.05) is 0 Å². The molecular formula is C8H6F5NO2. The topological polar surface area (TPSA) is 42.4 Å². The number of ether oxygens (including phenoxy) is 1. The lowest BCUT2D eigenvalue weighted by molar-refractivity contribution is -0.139. The van der Waals surface area contributed by atoms with Crippen LogP contribution in [0.1, 0.15) is 17.7 Å². The molecular weight excluding hydrogens is 237 g/mol. The van der Waals surface area contributed by atoms with Crippen LogP contribution in [0.2, 0.25) is 0 Å². The first-order chi connectivity index (χ1) is 7.27. The van der Waals surface area contributed by atoms with Crippen molar-refractivity contribution in [3.8, 4) is 11.6 Å². The van der Waals surface area contributed by atoms with E-state index >= 15 is 0 Å². The Bertz CT molecular complexity index is 391. The average Bonchev–Trinajstić information content (AvgIpc) is 2.15. The van der Waals surface area contributed by atoms with Crippen molar-refractivity contribution in [2.24, 2.45) is 0 Å². The number of halogens is 5. The second kappa shape index (κ2) is 4.11. The van der Waals surface area contributed by atoms with Gasteiger partial charge in [0.15, 0.2) is 5.69 Å². The average molecular weight is 243 g/mol. The van der Waals surface area contributed by atoms with Crippen LogP contribution in [0.25, 0.3) is 0 Å². The molecule has 0 atom stereocenters. The summed E-state index contributed by atoms with van der Waals surface area (Å²) in [7, 11) is 0.865. The van der Waals surface area contributed by atoms with E-state index in [-0.39, 0.29) is 6.07 Å². The lowest BCUT2D eigenvalue weighted by atomic mass is 10.2. The predicted octanol–water partition coefficient (Wildman–Crippen LogP) is 2.75. The number of nitrogens with zero attached hydrogens (tertiary/aromatic N) is 1. The van der Waals surface area contributed by atoms with E-state index in [1.807, 2.05) is 0 Å². The maximum atomic E-state index is 12.3. The first-order valence-electron chi connectivity index (χ1n) is 3.90. The van der Waals surface area contributed by atoms with Gasteiger partial charge in [0.2, 0.25) is 5.88 Å². The third kappa shape index (κ3) is 2.31. The number of hydrogen-bond donors (Lipinski definition) is 1. The van der Waals surface area contributed by atoms with Crippen molar-refractivity contribution in [3.05, 3.63) is 17.3 Å². The quantitative estimate of drug-likeness (QED) is 0.812. The molecule has 0 amide bonds. The van der Waals surface area contributed by atoms with Gasteiger partial charge in [0.25, 0.3) is 6.43 Å². The van der Waals surface area contributed by atoms with Crippen molar-refractivity contribution in [2.75, 3.05) is 7.11 Å². The highest BCUT2D eigenvalue weighted by molar-refractivity contribution is 5.40. The highest BCUT2D eigenvalue weighted by Gasteiger charge is 2.37. The SMILES string of the molecule is COc1nc(C(F)F)c(O)cc1C(F)(F)F. The van der Waals surface area contributed by atoms with Crippen LogP contribution >= 0.6 is 0 Å². The Hall–Kier alpha value is -1.60. The van der Waals surface area contributed by atoms with Crippen LogP contribution in [0.15, 0.2) is 6.07 Å². The maximum Gasteiger partial charge on any atom is 0.421 e. The number of rotatable bonds is 2. The molecule has 0 radical (unpaired) electrons. The Morgan fingerprint density at radius 3 is 2.31 bits per heavy atom. The van der Waals surface area contributed by atoms with Gasteiger partial charge < -0.3 is 9.84 Å². The molecule has 0 aromatic carbocycles. The Labute approximate surface area is 86.5 Å². The molecule has 0 bridgehead atoms. The zero-order chi connectivity index (χ0) is 12.5. The number of hydrogen-bond acceptors (Lipinski definition) is 3. The highest BCUT2D eigenvalue weighted by atomic mass is 19.4. The Morgan fingerprint density at radius 1 is 1.38 bits per heavy atom. The van der Waals surface area contributed by atoms with Crippen LogP contribution in [-0.2, 0) is 6.18 Å². The van der Waals surface area contributed by atoms with Gasteiger partial charge >= 0.3 is 6.18 Å². The summed E-state index contributed by atoms with van der Waals surface area (Å²) in [6.45, 7) is 0. The number of methoxy groups -OCH3 is 1. The smallest absolute Gasteiger partial charge is 0.421 e. The van der Waals surface area contributed by atoms with Crippen LogP contribution in [0.5, 0.6) is 11.6 Å². The number of alkyl halides is 5. The molecule has 0 aliphatic rings. The minimum absolute atomic E-state index is 0.160. The van der Waals surface area contributed by atoms with Crippen molar-refractivity contribution in [1.82, 2.24) is 4.98 Å². The molecule has 1 rings (SSSR count). The molecule has 0 saturated carbocycles. The normalized spacial score (nSPS) is 11.9. The summed E-state index contributed by atoms with van der Waals surface area (Å²) in [4.78, 5) is 2.91. The number of aromatic hydroxyl groups is 1. The summed E-state index contributed by atoms with van der Waals surface area (Å²) in [5.74, 6) is -2.22. The van der Waals surface area contributed by atoms with Gasteiger partial charge in [-0.05, 0) is 6.07 Å². The Morgan fingerprint density at radius 2 is 1.94 bits per heavy atom. The zero-order valence-corrected chi connectivity index (χ0v) is 7.85. The zero-order valence-electron chi connectivity index (χ0n) is 7.85. The second-order valence-electron chi connectivity index (χ2n) is 2.75. The van der Waals surface area contributed by atoms with Crippen molar-refractivity contribution in [2.45, 2.75) is 12.6 Å². The minimum Gasteiger partial charge on any atom is -0.506 e. The second-order valence-corrected chi connectivity index (χ2v) is 2.75. The van der Waals surface area contributed by atoms with Gasteiger partial charge in [-0.1, -0.05) is 0 Å². The molecule has 3 nitrogen and oxygen atoms in total. The molecule has 16 heavy (non-hydrogen) atoms. The summed E-state index contributed by atoms with van der Waals surface area (Å²) in [5.41, 5.74) is -2.55. The van der Waals surface area contributed by atoms with E-state index < -0.39 is 35.5 Å². The molecule has 90 valence electrons. The largest absolute Gasteiger partial charge is 0.506 e. The fourth-order valence-corrected chi connectivity index (χ4v) is 1.02. The molecule has 0 saturated heterocycles. The van der Waals surface area contributed by atoms with E-state index in [1.165, 1.54) is 0 Å². The number of pyridine rings is 1. The molecule has 1 N–H and O–H groups in total. The van der Waals surface area contributed by atoms with Crippen molar-refractivity contribution >= 4 is 0 Å². The minimum atomic E-state index is -4.84. The maximum absolute atomic E-state index is 12.3. The van der Waals surface area contributed by atoms with Crippen LogP contribution in [0, 0.1) is 0 Å². The lowest BCUT2D eigenvalue weighted by Crippen LogP contribution is -2.10. The summed E-state index contributed by atoms with van der Waals surface area (Å²) < 4.78 is 65.7. The van der Waals surface area contributed by atoms with E-state index in [0.717, 1.165) is 7.11 Å². The fourth-order valence-electron chi connectivity index (χ4n) is 1.02. The van der Waals surface area contributed by atoms with Crippen molar-refractivity contribution in [1.29, 1.82) is 0 Å². The van der Waals surface area contributed by atoms with Crippen molar-refractivity contribution in [3.63, 3.8) is 0 Å². The lowest BCUT2D eigenvalue weighted by Gasteiger charge is -2.13. The van der Waals surface area contributed by atoms with Crippen molar-refractivity contribution < 1.29 is 31.8 Å². The molecule has 0 spiro atoms. The van der Waals surface area contributed by atoms with Gasteiger partial charge in [-0.15, -0.1) is 0 Å². The third-order valence-electron chi connectivity index (χ3n) is 1.70. The van der Waals surface area contributed by atoms with Crippen LogP contribution in [0.4, 0.5) is 22.0 Å². The predicted molar refractivity (Wildman–Crippen MR) is 42.4 cm³/mol. The summed E-state index contributed by atoms with van der Waals surface area (Å²) in [5, 5.41) is 8.95. The molecule has 0 fully saturated rings. The van der Waals surface area contributed by atoms with Gasteiger partial charge in [-0.25, -0.2) is 13.8 Å². The van der Waals surface area contributed by atoms with Gasteiger partial charge in [0.05, 0.1) is 7.11 Å². The molecule has 1 heterocycles. The summed E-state index contributed by atoms with van der Waals surface area (Å²) in [6, 6.07) is 0.160. The Kier molecular flexibility index (Phi) is 3.20. The molecule has 0 unspecified atom stereocenters.